The number of carbonyl (C=O) groups excluding carboxylic acids is 1. The number of rotatable bonds is 9. The van der Waals surface area contributed by atoms with E-state index in [2.05, 4.69) is 20.4 Å². The highest BCUT2D eigenvalue weighted by molar-refractivity contribution is 7.88. The van der Waals surface area contributed by atoms with Gasteiger partial charge in [-0.1, -0.05) is 12.1 Å². The lowest BCUT2D eigenvalue weighted by Crippen LogP contribution is -2.50. The number of nitrogens with one attached hydrogen (secondary N) is 1. The first kappa shape index (κ1) is 27.9. The highest BCUT2D eigenvalue weighted by atomic mass is 32.2. The first-order chi connectivity index (χ1) is 20.2. The zero-order chi connectivity index (χ0) is 29.3. The Balaban J connectivity index is 1.19. The summed E-state index contributed by atoms with van der Waals surface area (Å²) in [6, 6.07) is 17.5. The van der Waals surface area contributed by atoms with Crippen LogP contribution in [-0.4, -0.2) is 81.8 Å². The largest absolute Gasteiger partial charge is 0.424 e. The van der Waals surface area contributed by atoms with E-state index in [1.807, 2.05) is 24.4 Å². The summed E-state index contributed by atoms with van der Waals surface area (Å²) in [6.45, 7) is 1.35. The van der Waals surface area contributed by atoms with Gasteiger partial charge in [-0.2, -0.15) is 19.4 Å². The SMILES string of the molecule is CS(=O)(=O)N1CCN(C(=O)c2cc(CN[C@@H]3C[C@H]3c3ccc(F)cc3)nc(Oc3ccc(-n4cccn4)cc3)n2)CC1. The van der Waals surface area contributed by atoms with Gasteiger partial charge < -0.3 is 15.0 Å². The fourth-order valence-electron chi connectivity index (χ4n) is 5.03. The van der Waals surface area contributed by atoms with Gasteiger partial charge >= 0.3 is 6.01 Å². The highest BCUT2D eigenvalue weighted by Crippen LogP contribution is 2.41. The molecular formula is C29H30FN7O4S. The lowest BCUT2D eigenvalue weighted by Gasteiger charge is -2.33. The minimum Gasteiger partial charge on any atom is -0.424 e. The van der Waals surface area contributed by atoms with Crippen LogP contribution in [0.2, 0.25) is 0 Å². The Kier molecular flexibility index (Phi) is 7.71. The van der Waals surface area contributed by atoms with Crippen molar-refractivity contribution in [3.8, 4) is 17.4 Å². The molecule has 0 spiro atoms. The standard InChI is InChI=1S/C29H30FN7O4S/c1-42(39,40)36-15-13-35(14-16-36)28(38)27-17-22(19-31-26-18-25(26)20-3-5-21(30)6-4-20)33-29(34-27)41-24-9-7-23(8-10-24)37-12-2-11-32-37/h2-12,17,25-26,31H,13-16,18-19H2,1H3/t25-,26+/m0/s1. The first-order valence-corrected chi connectivity index (χ1v) is 15.5. The summed E-state index contributed by atoms with van der Waals surface area (Å²) >= 11 is 0. The van der Waals surface area contributed by atoms with Crippen molar-refractivity contribution in [1.29, 1.82) is 0 Å². The van der Waals surface area contributed by atoms with E-state index in [9.17, 15) is 17.6 Å². The Morgan fingerprint density at radius 1 is 1.05 bits per heavy atom. The van der Waals surface area contributed by atoms with Crippen LogP contribution >= 0.6 is 0 Å². The molecule has 6 rings (SSSR count). The number of carbonyl (C=O) groups is 1. The molecule has 0 radical (unpaired) electrons. The molecule has 1 saturated carbocycles. The molecule has 1 saturated heterocycles. The summed E-state index contributed by atoms with van der Waals surface area (Å²) in [5.41, 5.74) is 2.68. The smallest absolute Gasteiger partial charge is 0.322 e. The van der Waals surface area contributed by atoms with Crippen molar-refractivity contribution in [2.45, 2.75) is 24.9 Å². The molecule has 2 fully saturated rings. The Morgan fingerprint density at radius 3 is 2.45 bits per heavy atom. The molecule has 0 bridgehead atoms. The van der Waals surface area contributed by atoms with Gasteiger partial charge in [0.25, 0.3) is 5.91 Å². The molecule has 13 heteroatoms. The molecule has 218 valence electrons. The molecular weight excluding hydrogens is 561 g/mol. The molecule has 2 aromatic carbocycles. The fraction of sp³-hybridized carbons (Fsp3) is 0.310. The van der Waals surface area contributed by atoms with Gasteiger partial charge in [0.15, 0.2) is 0 Å². The summed E-state index contributed by atoms with van der Waals surface area (Å²) in [4.78, 5) is 24.0. The molecule has 1 aliphatic carbocycles. The zero-order valence-electron chi connectivity index (χ0n) is 22.9. The minimum absolute atomic E-state index is 0.0325. The van der Waals surface area contributed by atoms with Crippen LogP contribution in [0, 0.1) is 5.82 Å². The Labute approximate surface area is 243 Å². The summed E-state index contributed by atoms with van der Waals surface area (Å²) in [5, 5.41) is 7.69. The van der Waals surface area contributed by atoms with E-state index < -0.39 is 10.0 Å². The second-order valence-corrected chi connectivity index (χ2v) is 12.4. The van der Waals surface area contributed by atoms with Gasteiger partial charge in [-0.3, -0.25) is 4.79 Å². The maximum absolute atomic E-state index is 13.5. The van der Waals surface area contributed by atoms with E-state index in [1.54, 1.807) is 46.1 Å². The lowest BCUT2D eigenvalue weighted by atomic mass is 10.1. The summed E-state index contributed by atoms with van der Waals surface area (Å²) in [6.07, 6.45) is 5.61. The van der Waals surface area contributed by atoms with E-state index in [0.29, 0.717) is 18.0 Å². The van der Waals surface area contributed by atoms with E-state index in [4.69, 9.17) is 4.74 Å². The molecule has 42 heavy (non-hydrogen) atoms. The second-order valence-electron chi connectivity index (χ2n) is 10.4. The van der Waals surface area contributed by atoms with Crippen LogP contribution in [0.5, 0.6) is 11.8 Å². The van der Waals surface area contributed by atoms with Gasteiger partial charge in [0.05, 0.1) is 17.6 Å². The number of halogens is 1. The van der Waals surface area contributed by atoms with Gasteiger partial charge in [-0.25, -0.2) is 17.5 Å². The number of amides is 1. The molecule has 2 aromatic heterocycles. The second kappa shape index (κ2) is 11.6. The van der Waals surface area contributed by atoms with Gasteiger partial charge in [0, 0.05) is 57.1 Å². The van der Waals surface area contributed by atoms with Crippen molar-refractivity contribution >= 4 is 15.9 Å². The topological polar surface area (TPSA) is 123 Å². The number of aromatic nitrogens is 4. The van der Waals surface area contributed by atoms with Crippen molar-refractivity contribution in [3.05, 3.63) is 95.8 Å². The maximum atomic E-state index is 13.5. The molecule has 3 heterocycles. The molecule has 1 aliphatic heterocycles. The molecule has 2 atom stereocenters. The zero-order valence-corrected chi connectivity index (χ0v) is 23.7. The van der Waals surface area contributed by atoms with Gasteiger partial charge in [0.1, 0.15) is 17.3 Å². The average Bonchev–Trinajstić information content (AvgIpc) is 3.55. The van der Waals surface area contributed by atoms with Crippen molar-refractivity contribution in [1.82, 2.24) is 34.3 Å². The third kappa shape index (κ3) is 6.48. The highest BCUT2D eigenvalue weighted by Gasteiger charge is 2.38. The van der Waals surface area contributed by atoms with E-state index >= 15 is 0 Å². The summed E-state index contributed by atoms with van der Waals surface area (Å²) in [5.74, 6) is 0.197. The molecule has 1 amide bonds. The van der Waals surface area contributed by atoms with Crippen LogP contribution in [-0.2, 0) is 16.6 Å². The quantitative estimate of drug-likeness (QED) is 0.315. The predicted octanol–water partition coefficient (Wildman–Crippen LogP) is 2.96. The Hall–Kier alpha value is -4.20. The molecule has 11 nitrogen and oxygen atoms in total. The van der Waals surface area contributed by atoms with Gasteiger partial charge in [-0.15, -0.1) is 0 Å². The van der Waals surface area contributed by atoms with Crippen LogP contribution < -0.4 is 10.1 Å². The van der Waals surface area contributed by atoms with E-state index in [1.165, 1.54) is 22.7 Å². The fourth-order valence-corrected chi connectivity index (χ4v) is 5.86. The van der Waals surface area contributed by atoms with Gasteiger partial charge in [-0.05, 0) is 60.5 Å². The van der Waals surface area contributed by atoms with Gasteiger partial charge in [0.2, 0.25) is 10.0 Å². The Bertz CT molecular complexity index is 1660. The number of piperazine rings is 1. The summed E-state index contributed by atoms with van der Waals surface area (Å²) in [7, 11) is -3.32. The van der Waals surface area contributed by atoms with E-state index in [0.717, 1.165) is 17.7 Å². The maximum Gasteiger partial charge on any atom is 0.322 e. The third-order valence-corrected chi connectivity index (χ3v) is 8.72. The van der Waals surface area contributed by atoms with Crippen LogP contribution in [0.3, 0.4) is 0 Å². The average molecular weight is 592 g/mol. The monoisotopic (exact) mass is 591 g/mol. The number of sulfonamides is 1. The third-order valence-electron chi connectivity index (χ3n) is 7.42. The summed E-state index contributed by atoms with van der Waals surface area (Å²) < 4.78 is 46.2. The minimum atomic E-state index is -3.32. The number of ether oxygens (including phenoxy) is 1. The number of hydrogen-bond acceptors (Lipinski definition) is 8. The molecule has 1 N–H and O–H groups in total. The van der Waals surface area contributed by atoms with Crippen LogP contribution in [0.4, 0.5) is 4.39 Å². The molecule has 0 unspecified atom stereocenters. The van der Waals surface area contributed by atoms with Crippen molar-refractivity contribution in [2.75, 3.05) is 32.4 Å². The van der Waals surface area contributed by atoms with Crippen LogP contribution in [0.25, 0.3) is 5.69 Å². The van der Waals surface area contributed by atoms with Crippen molar-refractivity contribution in [3.63, 3.8) is 0 Å². The van der Waals surface area contributed by atoms with Crippen LogP contribution in [0.1, 0.15) is 34.1 Å². The number of benzene rings is 2. The Morgan fingerprint density at radius 2 is 1.79 bits per heavy atom. The van der Waals surface area contributed by atoms with Crippen molar-refractivity contribution < 1.29 is 22.3 Å². The lowest BCUT2D eigenvalue weighted by molar-refractivity contribution is 0.0691. The van der Waals surface area contributed by atoms with Crippen LogP contribution in [0.15, 0.2) is 73.1 Å². The van der Waals surface area contributed by atoms with E-state index in [-0.39, 0.29) is 61.6 Å². The number of nitrogens with zero attached hydrogens (tertiary/aromatic N) is 6. The molecule has 4 aromatic rings. The normalized spacial score (nSPS) is 19.0. The van der Waals surface area contributed by atoms with Crippen molar-refractivity contribution in [2.24, 2.45) is 0 Å². The first-order valence-electron chi connectivity index (χ1n) is 13.6. The molecule has 2 aliphatic rings. The number of hydrogen-bond donors (Lipinski definition) is 1. The predicted molar refractivity (Wildman–Crippen MR) is 152 cm³/mol.